The molecule has 0 unspecified atom stereocenters. The largest absolute Gasteiger partial charge is 0.314 e. The minimum Gasteiger partial charge on any atom is -0.314 e. The summed E-state index contributed by atoms with van der Waals surface area (Å²) in [7, 11) is 0. The average Bonchev–Trinajstić information content (AvgIpc) is 2.83. The number of rotatable bonds is 3. The number of hydrogen-bond acceptors (Lipinski definition) is 2. The monoisotopic (exact) mass is 227 g/mol. The number of hydrogen-bond donors (Lipinski definition) is 0. The van der Waals surface area contributed by atoms with Gasteiger partial charge in [-0.15, -0.1) is 21.8 Å². The van der Waals surface area contributed by atoms with E-state index in [1.807, 2.05) is 0 Å². The topological polar surface area (TPSA) is 30.7 Å². The zero-order chi connectivity index (χ0) is 10.9. The smallest absolute Gasteiger partial charge is 0.147 e. The van der Waals surface area contributed by atoms with Gasteiger partial charge in [-0.05, 0) is 19.8 Å². The lowest BCUT2D eigenvalue weighted by Crippen LogP contribution is -2.23. The summed E-state index contributed by atoms with van der Waals surface area (Å²) in [6, 6.07) is 0. The molecule has 1 heterocycles. The molecule has 0 aromatic carbocycles. The van der Waals surface area contributed by atoms with Gasteiger partial charge in [-0.1, -0.05) is 19.8 Å². The molecule has 4 heteroatoms. The molecule has 1 fully saturated rings. The third kappa shape index (κ3) is 1.78. The van der Waals surface area contributed by atoms with Crippen molar-refractivity contribution in [3.05, 3.63) is 11.6 Å². The van der Waals surface area contributed by atoms with Crippen LogP contribution in [0.4, 0.5) is 0 Å². The van der Waals surface area contributed by atoms with Crippen molar-refractivity contribution in [2.75, 3.05) is 0 Å². The molecule has 1 saturated carbocycles. The van der Waals surface area contributed by atoms with E-state index in [-0.39, 0.29) is 5.41 Å². The zero-order valence-corrected chi connectivity index (χ0v) is 10.2. The Hall–Kier alpha value is -0.570. The molecule has 2 rings (SSSR count). The molecule has 0 saturated heterocycles. The van der Waals surface area contributed by atoms with Crippen LogP contribution in [0, 0.1) is 0 Å². The minimum atomic E-state index is 0.229. The van der Waals surface area contributed by atoms with Crippen LogP contribution in [-0.2, 0) is 17.8 Å². The second kappa shape index (κ2) is 4.12. The van der Waals surface area contributed by atoms with E-state index in [9.17, 15) is 0 Å². The van der Waals surface area contributed by atoms with Crippen LogP contribution in [0.15, 0.2) is 0 Å². The van der Waals surface area contributed by atoms with E-state index in [1.165, 1.54) is 25.7 Å². The maximum Gasteiger partial charge on any atom is 0.147 e. The minimum absolute atomic E-state index is 0.229. The van der Waals surface area contributed by atoms with Gasteiger partial charge in [-0.25, -0.2) is 0 Å². The Morgan fingerprint density at radius 3 is 2.53 bits per heavy atom. The van der Waals surface area contributed by atoms with E-state index >= 15 is 0 Å². The van der Waals surface area contributed by atoms with Gasteiger partial charge in [0.15, 0.2) is 0 Å². The molecule has 0 aliphatic heterocycles. The van der Waals surface area contributed by atoms with Gasteiger partial charge in [0.25, 0.3) is 0 Å². The average molecular weight is 228 g/mol. The molecule has 0 bridgehead atoms. The van der Waals surface area contributed by atoms with Crippen LogP contribution < -0.4 is 0 Å². The maximum absolute atomic E-state index is 5.85. The summed E-state index contributed by atoms with van der Waals surface area (Å²) in [5.74, 6) is 2.50. The first kappa shape index (κ1) is 10.9. The summed E-state index contributed by atoms with van der Waals surface area (Å²) in [5, 5.41) is 8.52. The van der Waals surface area contributed by atoms with Gasteiger partial charge in [-0.2, -0.15) is 0 Å². The van der Waals surface area contributed by atoms with Crippen molar-refractivity contribution in [1.29, 1.82) is 0 Å². The maximum atomic E-state index is 5.85. The first-order valence-corrected chi connectivity index (χ1v) is 6.23. The summed E-state index contributed by atoms with van der Waals surface area (Å²) in [6.07, 6.45) is 5.08. The Morgan fingerprint density at radius 2 is 2.00 bits per heavy atom. The molecule has 0 N–H and O–H groups in total. The van der Waals surface area contributed by atoms with Gasteiger partial charge in [0.2, 0.25) is 0 Å². The molecule has 1 aromatic rings. The van der Waals surface area contributed by atoms with Crippen molar-refractivity contribution < 1.29 is 0 Å². The summed E-state index contributed by atoms with van der Waals surface area (Å²) in [6.45, 7) is 5.34. The second-order valence-corrected chi connectivity index (χ2v) is 4.85. The molecule has 84 valence electrons. The fourth-order valence-corrected chi connectivity index (χ4v) is 2.79. The van der Waals surface area contributed by atoms with E-state index in [4.69, 9.17) is 11.6 Å². The third-order valence-electron chi connectivity index (χ3n) is 3.51. The molecule has 0 radical (unpaired) electrons. The van der Waals surface area contributed by atoms with Crippen molar-refractivity contribution in [2.45, 2.75) is 57.4 Å². The first-order valence-electron chi connectivity index (χ1n) is 5.70. The molecule has 1 aliphatic carbocycles. The van der Waals surface area contributed by atoms with Crippen LogP contribution >= 0.6 is 11.6 Å². The van der Waals surface area contributed by atoms with E-state index in [0.717, 1.165) is 18.2 Å². The standard InChI is InChI=1S/C11H18ClN3/c1-3-15-9(8-12)13-14-10(15)11(2)6-4-5-7-11/h3-8H2,1-2H3. The molecule has 0 atom stereocenters. The van der Waals surface area contributed by atoms with Gasteiger partial charge in [0, 0.05) is 12.0 Å². The van der Waals surface area contributed by atoms with Gasteiger partial charge in [0.1, 0.15) is 11.6 Å². The van der Waals surface area contributed by atoms with Crippen molar-refractivity contribution >= 4 is 11.6 Å². The quantitative estimate of drug-likeness (QED) is 0.744. The van der Waals surface area contributed by atoms with Crippen LogP contribution in [-0.4, -0.2) is 14.8 Å². The normalized spacial score (nSPS) is 19.7. The van der Waals surface area contributed by atoms with Crippen LogP contribution in [0.1, 0.15) is 51.2 Å². The molecule has 0 amide bonds. The molecule has 15 heavy (non-hydrogen) atoms. The van der Waals surface area contributed by atoms with Gasteiger partial charge in [0.05, 0.1) is 5.88 Å². The summed E-state index contributed by atoms with van der Waals surface area (Å²) in [4.78, 5) is 0. The summed E-state index contributed by atoms with van der Waals surface area (Å²) in [5.41, 5.74) is 0.229. The Bertz CT molecular complexity index is 340. The highest BCUT2D eigenvalue weighted by atomic mass is 35.5. The SMILES string of the molecule is CCn1c(CCl)nnc1C1(C)CCCC1. The van der Waals surface area contributed by atoms with E-state index in [0.29, 0.717) is 5.88 Å². The van der Waals surface area contributed by atoms with Crippen molar-refractivity contribution in [3.8, 4) is 0 Å². The van der Waals surface area contributed by atoms with Gasteiger partial charge < -0.3 is 4.57 Å². The Labute approximate surface area is 95.8 Å². The Kier molecular flexibility index (Phi) is 3.01. The molecular weight excluding hydrogens is 210 g/mol. The van der Waals surface area contributed by atoms with Crippen LogP contribution in [0.5, 0.6) is 0 Å². The summed E-state index contributed by atoms with van der Waals surface area (Å²) >= 11 is 5.85. The highest BCUT2D eigenvalue weighted by Gasteiger charge is 2.35. The molecule has 3 nitrogen and oxygen atoms in total. The molecule has 1 aliphatic rings. The van der Waals surface area contributed by atoms with Crippen molar-refractivity contribution in [2.24, 2.45) is 0 Å². The van der Waals surface area contributed by atoms with Crippen LogP contribution in [0.25, 0.3) is 0 Å². The van der Waals surface area contributed by atoms with Crippen molar-refractivity contribution in [3.63, 3.8) is 0 Å². The Morgan fingerprint density at radius 1 is 1.33 bits per heavy atom. The zero-order valence-electron chi connectivity index (χ0n) is 9.46. The fourth-order valence-electron chi connectivity index (χ4n) is 2.59. The molecule has 1 aromatic heterocycles. The van der Waals surface area contributed by atoms with E-state index in [2.05, 4.69) is 28.6 Å². The number of nitrogens with zero attached hydrogens (tertiary/aromatic N) is 3. The van der Waals surface area contributed by atoms with Crippen LogP contribution in [0.2, 0.25) is 0 Å². The fraction of sp³-hybridized carbons (Fsp3) is 0.818. The Balaban J connectivity index is 2.38. The molecular formula is C11H18ClN3. The predicted molar refractivity (Wildman–Crippen MR) is 61.1 cm³/mol. The number of halogens is 1. The van der Waals surface area contributed by atoms with E-state index in [1.54, 1.807) is 0 Å². The second-order valence-electron chi connectivity index (χ2n) is 4.59. The van der Waals surface area contributed by atoms with Crippen molar-refractivity contribution in [1.82, 2.24) is 14.8 Å². The van der Waals surface area contributed by atoms with Gasteiger partial charge in [-0.3, -0.25) is 0 Å². The molecule has 0 spiro atoms. The van der Waals surface area contributed by atoms with Gasteiger partial charge >= 0.3 is 0 Å². The number of alkyl halides is 1. The van der Waals surface area contributed by atoms with E-state index < -0.39 is 0 Å². The highest BCUT2D eigenvalue weighted by molar-refractivity contribution is 6.16. The highest BCUT2D eigenvalue weighted by Crippen LogP contribution is 2.39. The lowest BCUT2D eigenvalue weighted by molar-refractivity contribution is 0.431. The van der Waals surface area contributed by atoms with Crippen LogP contribution in [0.3, 0.4) is 0 Å². The lowest BCUT2D eigenvalue weighted by atomic mass is 9.88. The predicted octanol–water partition coefficient (Wildman–Crippen LogP) is 2.87. The lowest BCUT2D eigenvalue weighted by Gasteiger charge is -2.23. The number of aromatic nitrogens is 3. The first-order chi connectivity index (χ1) is 7.21. The summed E-state index contributed by atoms with van der Waals surface area (Å²) < 4.78 is 2.18. The third-order valence-corrected chi connectivity index (χ3v) is 3.75.